The molecule has 0 aromatic heterocycles. The van der Waals surface area contributed by atoms with Gasteiger partial charge in [-0.25, -0.2) is 0 Å². The summed E-state index contributed by atoms with van der Waals surface area (Å²) in [4.78, 5) is 0. The van der Waals surface area contributed by atoms with Crippen molar-refractivity contribution in [2.75, 3.05) is 26.4 Å². The molecule has 1 aromatic carbocycles. The number of hydrogen-bond acceptors (Lipinski definition) is 12. The molecule has 0 bridgehead atoms. The van der Waals surface area contributed by atoms with Gasteiger partial charge in [-0.2, -0.15) is 0 Å². The van der Waals surface area contributed by atoms with Gasteiger partial charge in [-0.05, 0) is 18.2 Å². The van der Waals surface area contributed by atoms with Gasteiger partial charge in [0.25, 0.3) is 0 Å². The zero-order chi connectivity index (χ0) is 26.2. The molecule has 2 saturated heterocycles. The summed E-state index contributed by atoms with van der Waals surface area (Å²) < 4.78 is 21.1. The second kappa shape index (κ2) is 13.4. The Morgan fingerprint density at radius 2 is 1.06 bits per heavy atom. The maximum Gasteiger partial charge on any atom is 0.187 e. The quantitative estimate of drug-likeness (QED) is 0.173. The number of aliphatic hydroxyl groups excluding tert-OH is 8. The molecule has 10 atom stereocenters. The molecular weight excluding hydrogens is 480 g/mol. The molecule has 0 unspecified atom stereocenters. The Morgan fingerprint density at radius 3 is 1.44 bits per heavy atom. The van der Waals surface area contributed by atoms with E-state index in [0.29, 0.717) is 11.1 Å². The standard InChI is InChI=1S/C24H30O12/c25-11-15-17(27)19(29)21(31)23(35-15)33-8-2-6-13-4-1-5-14(10-13)7-3-9-34-24-22(32)20(30)18(28)16(12-26)36-24/h1,4-5,10,15-32H,8-9,11-12H2/t15-,16-,17-,18-,19+,20+,21+,22+,23+,24+/m1/s1. The zero-order valence-electron chi connectivity index (χ0n) is 19.1. The molecule has 2 aliphatic heterocycles. The van der Waals surface area contributed by atoms with Crippen LogP contribution in [0.5, 0.6) is 0 Å². The third-order valence-corrected chi connectivity index (χ3v) is 5.66. The third-order valence-electron chi connectivity index (χ3n) is 5.66. The molecule has 2 fully saturated rings. The number of rotatable bonds is 6. The van der Waals surface area contributed by atoms with Gasteiger partial charge < -0.3 is 59.8 Å². The lowest BCUT2D eigenvalue weighted by molar-refractivity contribution is -0.298. The molecule has 2 aliphatic rings. The third kappa shape index (κ3) is 7.00. The van der Waals surface area contributed by atoms with Crippen LogP contribution in [0.3, 0.4) is 0 Å². The van der Waals surface area contributed by atoms with Gasteiger partial charge in [0, 0.05) is 11.1 Å². The highest BCUT2D eigenvalue weighted by atomic mass is 16.7. The average molecular weight is 510 g/mol. The highest BCUT2D eigenvalue weighted by Gasteiger charge is 2.44. The Hall–Kier alpha value is -2.14. The molecule has 36 heavy (non-hydrogen) atoms. The van der Waals surface area contributed by atoms with Gasteiger partial charge in [0.05, 0.1) is 13.2 Å². The average Bonchev–Trinajstić information content (AvgIpc) is 2.89. The Kier molecular flexibility index (Phi) is 10.6. The van der Waals surface area contributed by atoms with E-state index >= 15 is 0 Å². The van der Waals surface area contributed by atoms with Crippen molar-refractivity contribution in [3.63, 3.8) is 0 Å². The summed E-state index contributed by atoms with van der Waals surface area (Å²) >= 11 is 0. The van der Waals surface area contributed by atoms with Crippen LogP contribution < -0.4 is 0 Å². The van der Waals surface area contributed by atoms with Crippen LogP contribution in [0, 0.1) is 23.7 Å². The number of hydrogen-bond donors (Lipinski definition) is 8. The van der Waals surface area contributed by atoms with Crippen LogP contribution in [0.25, 0.3) is 0 Å². The molecular formula is C24H30O12. The molecule has 198 valence electrons. The van der Waals surface area contributed by atoms with Gasteiger partial charge in [-0.1, -0.05) is 29.7 Å². The van der Waals surface area contributed by atoms with Crippen molar-refractivity contribution in [3.05, 3.63) is 35.4 Å². The van der Waals surface area contributed by atoms with Crippen molar-refractivity contribution in [1.82, 2.24) is 0 Å². The van der Waals surface area contributed by atoms with E-state index in [2.05, 4.69) is 23.7 Å². The number of ether oxygens (including phenoxy) is 4. The van der Waals surface area contributed by atoms with Crippen LogP contribution in [0.4, 0.5) is 0 Å². The molecule has 0 saturated carbocycles. The second-order valence-electron chi connectivity index (χ2n) is 8.20. The first kappa shape index (κ1) is 28.4. The van der Waals surface area contributed by atoms with E-state index in [1.54, 1.807) is 24.3 Å². The van der Waals surface area contributed by atoms with Crippen LogP contribution in [-0.4, -0.2) is 129 Å². The van der Waals surface area contributed by atoms with Gasteiger partial charge in [0.2, 0.25) is 0 Å². The van der Waals surface area contributed by atoms with Crippen LogP contribution >= 0.6 is 0 Å². The lowest BCUT2D eigenvalue weighted by atomic mass is 9.99. The SMILES string of the molecule is OC[C@H]1O[C@H](OCC#Cc2cccc(C#CCO[C@H]3O[C@H](CO)[C@@H](O)[C@H](O)[C@@H]3O)c2)[C@@H](O)[C@@H](O)[C@@H]1O. The molecule has 12 nitrogen and oxygen atoms in total. The van der Waals surface area contributed by atoms with E-state index in [0.717, 1.165) is 0 Å². The smallest absolute Gasteiger partial charge is 0.187 e. The number of benzene rings is 1. The first-order chi connectivity index (χ1) is 17.3. The summed E-state index contributed by atoms with van der Waals surface area (Å²) in [6.07, 6.45) is -13.7. The molecule has 0 radical (unpaired) electrons. The predicted molar refractivity (Wildman–Crippen MR) is 120 cm³/mol. The minimum atomic E-state index is -1.53. The van der Waals surface area contributed by atoms with E-state index in [4.69, 9.17) is 18.9 Å². The Balaban J connectivity index is 1.50. The van der Waals surface area contributed by atoms with Crippen LogP contribution in [0.2, 0.25) is 0 Å². The van der Waals surface area contributed by atoms with Crippen LogP contribution in [-0.2, 0) is 18.9 Å². The molecule has 0 aliphatic carbocycles. The zero-order valence-corrected chi connectivity index (χ0v) is 19.1. The fraction of sp³-hybridized carbons (Fsp3) is 0.583. The maximum absolute atomic E-state index is 9.95. The van der Waals surface area contributed by atoms with Gasteiger partial charge in [0.15, 0.2) is 12.6 Å². The Labute approximate surface area is 207 Å². The molecule has 2 heterocycles. The number of aliphatic hydroxyl groups is 8. The van der Waals surface area contributed by atoms with E-state index in [1.165, 1.54) is 0 Å². The van der Waals surface area contributed by atoms with Crippen molar-refractivity contribution in [2.45, 2.75) is 61.4 Å². The fourth-order valence-electron chi connectivity index (χ4n) is 3.61. The summed E-state index contributed by atoms with van der Waals surface area (Å²) in [7, 11) is 0. The van der Waals surface area contributed by atoms with Gasteiger partial charge in [-0.3, -0.25) is 0 Å². The van der Waals surface area contributed by atoms with Crippen LogP contribution in [0.15, 0.2) is 24.3 Å². The molecule has 3 rings (SSSR count). The van der Waals surface area contributed by atoms with E-state index in [1.807, 2.05) is 0 Å². The van der Waals surface area contributed by atoms with Gasteiger partial charge in [-0.15, -0.1) is 0 Å². The summed E-state index contributed by atoms with van der Waals surface area (Å²) in [5, 5.41) is 77.4. The van der Waals surface area contributed by atoms with E-state index in [9.17, 15) is 40.9 Å². The maximum atomic E-state index is 9.95. The summed E-state index contributed by atoms with van der Waals surface area (Å²) in [5.41, 5.74) is 1.21. The fourth-order valence-corrected chi connectivity index (χ4v) is 3.61. The van der Waals surface area contributed by atoms with Crippen molar-refractivity contribution in [3.8, 4) is 23.7 Å². The molecule has 8 N–H and O–H groups in total. The summed E-state index contributed by atoms with van der Waals surface area (Å²) in [5.74, 6) is 11.2. The second-order valence-corrected chi connectivity index (χ2v) is 8.20. The first-order valence-corrected chi connectivity index (χ1v) is 11.2. The highest BCUT2D eigenvalue weighted by molar-refractivity contribution is 5.43. The molecule has 1 aromatic rings. The van der Waals surface area contributed by atoms with Gasteiger partial charge in [0.1, 0.15) is 62.0 Å². The van der Waals surface area contributed by atoms with Crippen LogP contribution in [0.1, 0.15) is 11.1 Å². The topological polar surface area (TPSA) is 199 Å². The van der Waals surface area contributed by atoms with E-state index < -0.39 is 74.6 Å². The lowest BCUT2D eigenvalue weighted by Crippen LogP contribution is -2.59. The van der Waals surface area contributed by atoms with Crippen molar-refractivity contribution in [2.24, 2.45) is 0 Å². The summed E-state index contributed by atoms with van der Waals surface area (Å²) in [6, 6.07) is 6.89. The first-order valence-electron chi connectivity index (χ1n) is 11.2. The lowest BCUT2D eigenvalue weighted by Gasteiger charge is -2.39. The van der Waals surface area contributed by atoms with Gasteiger partial charge >= 0.3 is 0 Å². The largest absolute Gasteiger partial charge is 0.394 e. The molecule has 0 spiro atoms. The van der Waals surface area contributed by atoms with Crippen molar-refractivity contribution >= 4 is 0 Å². The Morgan fingerprint density at radius 1 is 0.639 bits per heavy atom. The van der Waals surface area contributed by atoms with Crippen molar-refractivity contribution < 1.29 is 59.8 Å². The Bertz CT molecular complexity index is 888. The minimum absolute atomic E-state index is 0.161. The highest BCUT2D eigenvalue weighted by Crippen LogP contribution is 2.22. The minimum Gasteiger partial charge on any atom is -0.394 e. The normalized spacial score (nSPS) is 36.3. The van der Waals surface area contributed by atoms with Crippen molar-refractivity contribution in [1.29, 1.82) is 0 Å². The molecule has 0 amide bonds. The van der Waals surface area contributed by atoms with E-state index in [-0.39, 0.29) is 13.2 Å². The predicted octanol–water partition coefficient (Wildman–Crippen LogP) is -3.98. The molecule has 12 heteroatoms. The summed E-state index contributed by atoms with van der Waals surface area (Å²) in [6.45, 7) is -1.44. The monoisotopic (exact) mass is 510 g/mol.